The van der Waals surface area contributed by atoms with E-state index in [2.05, 4.69) is 10.6 Å². The van der Waals surface area contributed by atoms with E-state index in [1.807, 2.05) is 74.5 Å². The number of carbonyl (C=O) groups is 8. The number of rotatable bonds is 14. The van der Waals surface area contributed by atoms with Crippen molar-refractivity contribution in [1.29, 1.82) is 0 Å². The average molecular weight is 1310 g/mol. The van der Waals surface area contributed by atoms with Gasteiger partial charge in [0, 0.05) is 185 Å². The van der Waals surface area contributed by atoms with Gasteiger partial charge in [0.2, 0.25) is 23.6 Å². The van der Waals surface area contributed by atoms with Gasteiger partial charge in [-0.15, -0.1) is 0 Å². The van der Waals surface area contributed by atoms with Crippen LogP contribution in [0.25, 0.3) is 0 Å². The van der Waals surface area contributed by atoms with Crippen LogP contribution in [0.2, 0.25) is 0 Å². The second-order valence-corrected chi connectivity index (χ2v) is 21.6. The van der Waals surface area contributed by atoms with Crippen molar-refractivity contribution in [3.8, 4) is 11.5 Å². The van der Waals surface area contributed by atoms with E-state index in [1.165, 1.54) is 7.06 Å². The van der Waals surface area contributed by atoms with Crippen molar-refractivity contribution < 1.29 is 47.8 Å². The third kappa shape index (κ3) is 33.4. The number of ketones is 4. The first-order valence-electron chi connectivity index (χ1n) is 29.6. The number of Topliss-reactive ketones (excluding diaryl/α,β-unsaturated/α-hetero) is 4. The lowest BCUT2D eigenvalue weighted by molar-refractivity contribution is -0.138. The Labute approximate surface area is 589 Å². The smallest absolute Gasteiger partial charge is 0.224 e. The van der Waals surface area contributed by atoms with Crippen molar-refractivity contribution in [3.05, 3.63) is 71.8 Å². The van der Waals surface area contributed by atoms with Crippen LogP contribution < -0.4 is 20.1 Å². The van der Waals surface area contributed by atoms with Crippen LogP contribution in [0, 0.1) is 11.8 Å². The number of likely N-dealkylation sites (tertiary alicyclic amines) is 2. The molecule has 0 unspecified atom stereocenters. The predicted molar refractivity (Wildman–Crippen MR) is 407 cm³/mol. The highest BCUT2D eigenvalue weighted by Crippen LogP contribution is 2.27. The zero-order valence-electron chi connectivity index (χ0n) is 52.4. The van der Waals surface area contributed by atoms with E-state index < -0.39 is 61.5 Å². The number of carbonyl (C=O) groups excluding carboxylic acids is 8. The Bertz CT molecular complexity index is 2450. The number of fused-ring (bicyclic) bond motifs is 4. The summed E-state index contributed by atoms with van der Waals surface area (Å²) in [5.74, 6) is -0.398. The lowest BCUT2D eigenvalue weighted by atomic mass is 8.68. The Hall–Kier alpha value is -2.59. The van der Waals surface area contributed by atoms with Crippen molar-refractivity contribution in [3.63, 3.8) is 0 Å². The number of benzene rings is 2. The minimum Gasteiger partial charge on any atom is -0.494 e. The van der Waals surface area contributed by atoms with Crippen LogP contribution in [0.5, 0.6) is 11.5 Å². The van der Waals surface area contributed by atoms with Crippen LogP contribution in [0.3, 0.4) is 0 Å². The molecule has 19 radical (unpaired) electrons. The van der Waals surface area contributed by atoms with Gasteiger partial charge in [-0.1, -0.05) is 77.0 Å². The monoisotopic (exact) mass is 1310 g/mol. The summed E-state index contributed by atoms with van der Waals surface area (Å²) in [7, 11) is 47.4. The molecule has 463 valence electrons. The SMILES string of the molecule is CCC[C@@H]1CC(=O)[C@@H](N2CCCC2=O)Cc2cccc(c2)OC/C=C/C[C@@H](C(=O)CC)NC1=O.CCC[C@@H]1CC(=O)[C@@H](N2CCCC2=O)Cc2cccc(c2)OCCCC[C@@H](C(=O)CC)NC1=O.S.S.S.S.S.S.[B]B([B])B([B])B([B])[B].[B][B]B([B])B([B])[B]. The quantitative estimate of drug-likeness (QED) is 0.210. The first-order chi connectivity index (χ1) is 39.6. The van der Waals surface area contributed by atoms with Gasteiger partial charge >= 0.3 is 0 Å². The van der Waals surface area contributed by atoms with E-state index in [0.717, 1.165) is 55.4 Å². The van der Waals surface area contributed by atoms with Crippen molar-refractivity contribution in [2.75, 3.05) is 26.3 Å². The lowest BCUT2D eigenvalue weighted by Gasteiger charge is -2.29. The van der Waals surface area contributed by atoms with E-state index in [9.17, 15) is 38.4 Å². The maximum Gasteiger partial charge on any atom is 0.224 e. The number of hydrogen-bond donors (Lipinski definition) is 2. The van der Waals surface area contributed by atoms with Gasteiger partial charge in [0.05, 0.1) is 30.8 Å². The van der Waals surface area contributed by atoms with Crippen molar-refractivity contribution in [2.24, 2.45) is 11.8 Å². The van der Waals surface area contributed by atoms with E-state index in [-0.39, 0.29) is 147 Å². The van der Waals surface area contributed by atoms with Gasteiger partial charge in [-0.25, -0.2) is 0 Å². The van der Waals surface area contributed by atoms with Gasteiger partial charge in [0.15, 0.2) is 23.1 Å². The Morgan fingerprint density at radius 1 is 0.573 bits per heavy atom. The summed E-state index contributed by atoms with van der Waals surface area (Å²) in [4.78, 5) is 107. The van der Waals surface area contributed by atoms with Crippen molar-refractivity contribution in [1.82, 2.24) is 20.4 Å². The molecule has 0 aliphatic carbocycles. The number of nitrogens with zero attached hydrogens (tertiary/aromatic N) is 2. The average Bonchev–Trinajstić information content (AvgIpc) is 1.98. The Morgan fingerprint density at radius 3 is 1.38 bits per heavy atom. The molecule has 35 heteroatoms. The molecule has 0 aromatic heterocycles. The molecule has 0 saturated carbocycles. The maximum absolute atomic E-state index is 13.6. The van der Waals surface area contributed by atoms with Gasteiger partial charge in [-0.2, -0.15) is 81.0 Å². The fraction of sp³-hybridized carbons (Fsp3) is 0.593. The summed E-state index contributed by atoms with van der Waals surface area (Å²) in [5.41, 5.74) is 1.85. The molecule has 6 atom stereocenters. The van der Waals surface area contributed by atoms with Gasteiger partial charge in [-0.05, 0) is 86.8 Å². The highest BCUT2D eigenvalue weighted by molar-refractivity contribution is 7.89. The summed E-state index contributed by atoms with van der Waals surface area (Å²) in [5, 5.41) is 5.83. The number of hydrogen-bond acceptors (Lipinski definition) is 10. The van der Waals surface area contributed by atoms with Crippen LogP contribution in [0.15, 0.2) is 60.7 Å². The third-order valence-corrected chi connectivity index (χ3v) is 15.0. The van der Waals surface area contributed by atoms with E-state index in [1.54, 1.807) is 23.6 Å². The molecule has 2 fully saturated rings. The molecule has 2 aromatic rings. The molecule has 14 nitrogen and oxygen atoms in total. The zero-order chi connectivity index (χ0) is 61.6. The zero-order valence-corrected chi connectivity index (χ0v) is 58.4. The molecule has 0 spiro atoms. The number of amides is 4. The summed E-state index contributed by atoms with van der Waals surface area (Å²) < 4.78 is 11.7. The molecule has 4 aliphatic heterocycles. The Balaban J connectivity index is -0.000000624. The fourth-order valence-electron chi connectivity index (χ4n) is 10.00. The molecule has 4 heterocycles. The number of ether oxygens (including phenoxy) is 2. The molecule has 2 aromatic carbocycles. The largest absolute Gasteiger partial charge is 0.494 e. The van der Waals surface area contributed by atoms with Gasteiger partial charge < -0.3 is 29.9 Å². The molecule has 4 bridgehead atoms. The molecule has 89 heavy (non-hydrogen) atoms. The molecule has 4 aliphatic rings. The first-order valence-corrected chi connectivity index (χ1v) is 29.6. The van der Waals surface area contributed by atoms with Crippen LogP contribution in [0.4, 0.5) is 0 Å². The highest BCUT2D eigenvalue weighted by Gasteiger charge is 2.37. The summed E-state index contributed by atoms with van der Waals surface area (Å²) in [6.07, 6.45) is 10.00. The molecule has 4 amide bonds. The van der Waals surface area contributed by atoms with E-state index >= 15 is 0 Å². The molecular weight excluding hydrogens is 1220 g/mol. The van der Waals surface area contributed by atoms with Crippen molar-refractivity contribution in [2.45, 2.75) is 167 Å². The van der Waals surface area contributed by atoms with Gasteiger partial charge in [0.1, 0.15) is 18.1 Å². The topological polar surface area (TPSA) is 186 Å². The summed E-state index contributed by atoms with van der Waals surface area (Å²) in [6, 6.07) is 12.9. The second-order valence-electron chi connectivity index (χ2n) is 21.6. The minimum atomic E-state index is -0.630. The van der Waals surface area contributed by atoms with E-state index in [0.29, 0.717) is 96.3 Å². The Kier molecular flexibility index (Phi) is 53.0. The normalized spacial score (nSPS) is 20.6. The maximum atomic E-state index is 13.6. The molecular formula is C54H86B15N4O10S6. The van der Waals surface area contributed by atoms with Crippen LogP contribution in [-0.4, -0.2) is 216 Å². The van der Waals surface area contributed by atoms with Crippen LogP contribution in [-0.2, 0) is 51.2 Å². The van der Waals surface area contributed by atoms with Gasteiger partial charge in [0.25, 0.3) is 0 Å². The summed E-state index contributed by atoms with van der Waals surface area (Å²) in [6.45, 7) is 9.48. The molecule has 2 saturated heterocycles. The first kappa shape index (κ1) is 92.8. The molecule has 2 N–H and O–H groups in total. The van der Waals surface area contributed by atoms with Gasteiger partial charge in [-0.3, -0.25) is 38.4 Å². The standard InChI is InChI=1S/C27H38N2O5.C27H36N2O5.B8.B7.6H2S/c2*1-3-9-20-18-25(31)23(29-14-8-13-26(29)32)17-19-10-7-11-21(16-19)34-15-6-5-12-22(24(30)4-2)28-27(20)33;1-6(2)8(5)7(3)4;1-5-7(4)6(2)3;;;;;;/h7,10-11,16,20,22-23H,3-6,8-9,12-15,17-18H2,1-2H3,(H,28,33);5-7,10-11,16,20,22-23H,3-4,8-9,12-15,17-18H2,1-2H3,(H,28,33);;;6*1H2/b;6-5+;;;;;;;;/t2*20-,22+,23+;;;;;;;;/m11......../s1. The fourth-order valence-corrected chi connectivity index (χ4v) is 10.00. The van der Waals surface area contributed by atoms with E-state index in [4.69, 9.17) is 79.1 Å². The van der Waals surface area contributed by atoms with Crippen LogP contribution in [0.1, 0.15) is 142 Å². The van der Waals surface area contributed by atoms with Crippen molar-refractivity contribution >= 4 is 236 Å². The predicted octanol–water partition coefficient (Wildman–Crippen LogP) is 1.99. The lowest BCUT2D eigenvalue weighted by Crippen LogP contribution is -2.52. The molecule has 6 rings (SSSR count). The third-order valence-electron chi connectivity index (χ3n) is 15.0. The minimum absolute atomic E-state index is 0. The second kappa shape index (κ2) is 50.8. The number of nitrogens with one attached hydrogen (secondary N) is 2. The summed E-state index contributed by atoms with van der Waals surface area (Å²) >= 11 is 0. The highest BCUT2D eigenvalue weighted by atomic mass is 32.1. The van der Waals surface area contributed by atoms with Crippen LogP contribution >= 0.6 is 81.0 Å². The Morgan fingerprint density at radius 2 is 1.01 bits per heavy atom.